The quantitative estimate of drug-likeness (QED) is 0.368. The fourth-order valence-corrected chi connectivity index (χ4v) is 0.916. The van der Waals surface area contributed by atoms with Crippen LogP contribution in [-0.2, 0) is 9.53 Å². The molecule has 0 aliphatic carbocycles. The zero-order valence-electron chi connectivity index (χ0n) is 6.97. The fourth-order valence-electron chi connectivity index (χ4n) is 0.916. The summed E-state index contributed by atoms with van der Waals surface area (Å²) in [6.07, 6.45) is 5.89. The highest BCUT2D eigenvalue weighted by Gasteiger charge is 2.10. The highest BCUT2D eigenvalue weighted by molar-refractivity contribution is 5.83. The van der Waals surface area contributed by atoms with Crippen LogP contribution in [0.5, 0.6) is 0 Å². The minimum absolute atomic E-state index is 0.170. The van der Waals surface area contributed by atoms with Gasteiger partial charge in [0.05, 0.1) is 5.70 Å². The van der Waals surface area contributed by atoms with Crippen LogP contribution in [0.4, 0.5) is 0 Å². The van der Waals surface area contributed by atoms with Gasteiger partial charge in [-0.05, 0) is 17.3 Å². The second kappa shape index (κ2) is 4.35. The van der Waals surface area contributed by atoms with Gasteiger partial charge in [0.25, 0.3) is 0 Å². The Labute approximate surface area is 75.6 Å². The zero-order valence-corrected chi connectivity index (χ0v) is 6.97. The van der Waals surface area contributed by atoms with Gasteiger partial charge in [0.1, 0.15) is 6.10 Å². The smallest absolute Gasteiger partial charge is 0.333 e. The molecule has 68 valence electrons. The molecular formula is C9H9NO3. The van der Waals surface area contributed by atoms with Gasteiger partial charge in [-0.3, -0.25) is 0 Å². The number of esters is 1. The van der Waals surface area contributed by atoms with Crippen molar-refractivity contribution in [3.8, 4) is 0 Å². The topological polar surface area (TPSA) is 55.7 Å². The number of nitrogens with zero attached hydrogens (tertiary/aromatic N) is 1. The summed E-state index contributed by atoms with van der Waals surface area (Å²) in [6.45, 7) is 3.50. The molecule has 0 spiro atoms. The number of ether oxygens (including phenoxy) is 1. The Kier molecular flexibility index (Phi) is 3.14. The Balaban J connectivity index is 2.79. The van der Waals surface area contributed by atoms with E-state index in [1.165, 1.54) is 6.08 Å². The monoisotopic (exact) mass is 179 g/mol. The molecule has 0 N–H and O–H groups in total. The predicted molar refractivity (Wildman–Crippen MR) is 47.7 cm³/mol. The first-order chi connectivity index (χ1) is 6.26. The van der Waals surface area contributed by atoms with E-state index in [9.17, 15) is 9.70 Å². The Bertz CT molecular complexity index is 291. The van der Waals surface area contributed by atoms with Crippen LogP contribution in [0.3, 0.4) is 0 Å². The molecule has 0 amide bonds. The summed E-state index contributed by atoms with van der Waals surface area (Å²) in [7, 11) is 0. The Hall–Kier alpha value is -1.71. The molecule has 4 nitrogen and oxygen atoms in total. The average molecular weight is 179 g/mol. The molecule has 0 radical (unpaired) electrons. The first-order valence-electron chi connectivity index (χ1n) is 3.80. The summed E-state index contributed by atoms with van der Waals surface area (Å²) >= 11 is 0. The molecule has 1 aliphatic rings. The molecule has 0 saturated heterocycles. The van der Waals surface area contributed by atoms with Gasteiger partial charge in [-0.2, -0.15) is 0 Å². The predicted octanol–water partition coefficient (Wildman–Crippen LogP) is 1.69. The van der Waals surface area contributed by atoms with E-state index in [0.29, 0.717) is 6.42 Å². The van der Waals surface area contributed by atoms with E-state index in [0.717, 1.165) is 6.08 Å². The Morgan fingerprint density at radius 2 is 2.46 bits per heavy atom. The van der Waals surface area contributed by atoms with E-state index in [-0.39, 0.29) is 5.70 Å². The normalized spacial score (nSPS) is 26.3. The second-order valence-electron chi connectivity index (χ2n) is 2.50. The Morgan fingerprint density at radius 3 is 3.08 bits per heavy atom. The van der Waals surface area contributed by atoms with Gasteiger partial charge in [-0.15, -0.1) is 4.91 Å². The summed E-state index contributed by atoms with van der Waals surface area (Å²) in [6, 6.07) is 0. The van der Waals surface area contributed by atoms with Gasteiger partial charge in [-0.25, -0.2) is 4.79 Å². The van der Waals surface area contributed by atoms with Crippen molar-refractivity contribution in [1.29, 1.82) is 0 Å². The molecule has 1 atom stereocenters. The SMILES string of the molecule is C=CC1C=CC/C(N=O)=C\C(=O)O1. The fraction of sp³-hybridized carbons (Fsp3) is 0.222. The Morgan fingerprint density at radius 1 is 1.69 bits per heavy atom. The van der Waals surface area contributed by atoms with Crippen molar-refractivity contribution in [3.05, 3.63) is 41.5 Å². The van der Waals surface area contributed by atoms with E-state index in [4.69, 9.17) is 4.74 Å². The van der Waals surface area contributed by atoms with Crippen LogP contribution in [0.25, 0.3) is 0 Å². The molecule has 13 heavy (non-hydrogen) atoms. The van der Waals surface area contributed by atoms with Crippen LogP contribution >= 0.6 is 0 Å². The van der Waals surface area contributed by atoms with Crippen molar-refractivity contribution in [2.45, 2.75) is 12.5 Å². The van der Waals surface area contributed by atoms with Crippen molar-refractivity contribution in [2.24, 2.45) is 5.18 Å². The first-order valence-corrected chi connectivity index (χ1v) is 3.80. The molecular weight excluding hydrogens is 170 g/mol. The largest absolute Gasteiger partial charge is 0.451 e. The van der Waals surface area contributed by atoms with Crippen molar-refractivity contribution in [1.82, 2.24) is 0 Å². The number of carbonyl (C=O) groups is 1. The summed E-state index contributed by atoms with van der Waals surface area (Å²) < 4.78 is 4.85. The molecule has 0 fully saturated rings. The van der Waals surface area contributed by atoms with Crippen LogP contribution in [0.2, 0.25) is 0 Å². The summed E-state index contributed by atoms with van der Waals surface area (Å²) in [5.41, 5.74) is 0.170. The van der Waals surface area contributed by atoms with E-state index in [1.807, 2.05) is 0 Å². The lowest BCUT2D eigenvalue weighted by atomic mass is 10.2. The molecule has 0 aromatic heterocycles. The third-order valence-electron chi connectivity index (χ3n) is 1.54. The lowest BCUT2D eigenvalue weighted by molar-refractivity contribution is -0.139. The van der Waals surface area contributed by atoms with Crippen molar-refractivity contribution < 1.29 is 9.53 Å². The molecule has 0 saturated carbocycles. The van der Waals surface area contributed by atoms with Crippen LogP contribution in [0.15, 0.2) is 41.8 Å². The molecule has 0 aromatic carbocycles. The highest BCUT2D eigenvalue weighted by atomic mass is 16.5. The number of cyclic esters (lactones) is 1. The van der Waals surface area contributed by atoms with E-state index in [2.05, 4.69) is 11.8 Å². The molecule has 4 heteroatoms. The van der Waals surface area contributed by atoms with E-state index < -0.39 is 12.1 Å². The molecule has 1 rings (SSSR count). The number of hydrogen-bond acceptors (Lipinski definition) is 4. The van der Waals surface area contributed by atoms with Gasteiger partial charge < -0.3 is 4.74 Å². The maximum absolute atomic E-state index is 11.0. The van der Waals surface area contributed by atoms with Gasteiger partial charge in [0.2, 0.25) is 0 Å². The molecule has 0 aromatic rings. The van der Waals surface area contributed by atoms with Crippen LogP contribution < -0.4 is 0 Å². The summed E-state index contributed by atoms with van der Waals surface area (Å²) in [4.78, 5) is 21.1. The van der Waals surface area contributed by atoms with Gasteiger partial charge >= 0.3 is 5.97 Å². The maximum atomic E-state index is 11.0. The van der Waals surface area contributed by atoms with Gasteiger partial charge in [0.15, 0.2) is 0 Å². The number of hydrogen-bond donors (Lipinski definition) is 0. The van der Waals surface area contributed by atoms with Crippen molar-refractivity contribution in [3.63, 3.8) is 0 Å². The van der Waals surface area contributed by atoms with E-state index >= 15 is 0 Å². The van der Waals surface area contributed by atoms with Crippen LogP contribution in [0, 0.1) is 4.91 Å². The average Bonchev–Trinajstić information content (AvgIpc) is 2.10. The van der Waals surface area contributed by atoms with Crippen LogP contribution in [-0.4, -0.2) is 12.1 Å². The van der Waals surface area contributed by atoms with E-state index in [1.54, 1.807) is 12.2 Å². The number of nitroso groups, excluding NO2 is 1. The number of allylic oxidation sites excluding steroid dienone is 1. The lowest BCUT2D eigenvalue weighted by Gasteiger charge is -2.09. The minimum atomic E-state index is -0.566. The minimum Gasteiger partial charge on any atom is -0.451 e. The van der Waals surface area contributed by atoms with Gasteiger partial charge in [0, 0.05) is 12.5 Å². The second-order valence-corrected chi connectivity index (χ2v) is 2.50. The molecule has 1 unspecified atom stereocenters. The summed E-state index contributed by atoms with van der Waals surface area (Å²) in [5, 5.41) is 2.68. The van der Waals surface area contributed by atoms with Crippen molar-refractivity contribution in [2.75, 3.05) is 0 Å². The maximum Gasteiger partial charge on any atom is 0.333 e. The van der Waals surface area contributed by atoms with Crippen molar-refractivity contribution >= 4 is 5.97 Å². The first kappa shape index (κ1) is 9.38. The number of carbonyl (C=O) groups excluding carboxylic acids is 1. The third kappa shape index (κ3) is 2.66. The molecule has 1 aliphatic heterocycles. The standard InChI is InChI=1S/C9H9NO3/c1-2-8-5-3-4-7(10-12)6-9(11)13-8/h2-3,5-6,8H,1,4H2/b5-3?,7-6+. The van der Waals surface area contributed by atoms with Crippen LogP contribution in [0.1, 0.15) is 6.42 Å². The summed E-state index contributed by atoms with van der Waals surface area (Å²) in [5.74, 6) is -0.566. The molecule has 1 heterocycles. The highest BCUT2D eigenvalue weighted by Crippen LogP contribution is 2.10. The number of rotatable bonds is 2. The third-order valence-corrected chi connectivity index (χ3v) is 1.54. The van der Waals surface area contributed by atoms with Gasteiger partial charge in [-0.1, -0.05) is 12.7 Å². The molecule has 0 bridgehead atoms. The lowest BCUT2D eigenvalue weighted by Crippen LogP contribution is -2.13. The zero-order chi connectivity index (χ0) is 9.68.